The van der Waals surface area contributed by atoms with Gasteiger partial charge in [-0.05, 0) is 127 Å². The predicted octanol–water partition coefficient (Wildman–Crippen LogP) is 15.9. The molecule has 0 bridgehead atoms. The Kier molecular flexibility index (Phi) is 6.84. The number of benzene rings is 10. The molecule has 274 valence electrons. The van der Waals surface area contributed by atoms with Crippen LogP contribution in [0.4, 0.5) is 0 Å². The van der Waals surface area contributed by atoms with E-state index in [1.54, 1.807) is 0 Å². The summed E-state index contributed by atoms with van der Waals surface area (Å²) in [6.07, 6.45) is 0. The molecule has 2 aliphatic carbocycles. The summed E-state index contributed by atoms with van der Waals surface area (Å²) in [5.74, 6) is 0. The van der Waals surface area contributed by atoms with Crippen molar-refractivity contribution in [3.8, 4) is 66.8 Å². The molecule has 0 saturated carbocycles. The van der Waals surface area contributed by atoms with Gasteiger partial charge >= 0.3 is 0 Å². The second kappa shape index (κ2) is 11.9. The predicted molar refractivity (Wildman–Crippen MR) is 247 cm³/mol. The maximum absolute atomic E-state index is 2.41. The lowest BCUT2D eigenvalue weighted by molar-refractivity contribution is 0.662. The highest BCUT2D eigenvalue weighted by Gasteiger charge is 2.38. The molecule has 0 radical (unpaired) electrons. The average molecular weight is 739 g/mol. The van der Waals surface area contributed by atoms with Gasteiger partial charge in [0.15, 0.2) is 0 Å². The van der Waals surface area contributed by atoms with Crippen molar-refractivity contribution in [2.75, 3.05) is 0 Å². The van der Waals surface area contributed by atoms with Crippen LogP contribution in [-0.4, -0.2) is 0 Å². The van der Waals surface area contributed by atoms with Crippen molar-refractivity contribution < 1.29 is 0 Å². The molecular formula is C58H42. The molecule has 0 heterocycles. The van der Waals surface area contributed by atoms with Crippen LogP contribution in [0, 0.1) is 0 Å². The number of hydrogen-bond acceptors (Lipinski definition) is 0. The first-order chi connectivity index (χ1) is 28.3. The van der Waals surface area contributed by atoms with Crippen molar-refractivity contribution in [1.82, 2.24) is 0 Å². The third-order valence-corrected chi connectivity index (χ3v) is 13.8. The van der Waals surface area contributed by atoms with Crippen LogP contribution in [0.15, 0.2) is 182 Å². The zero-order chi connectivity index (χ0) is 38.9. The van der Waals surface area contributed by atoms with Gasteiger partial charge in [0.1, 0.15) is 0 Å². The highest BCUT2D eigenvalue weighted by Crippen LogP contribution is 2.54. The smallest absolute Gasteiger partial charge is 0.0165 e. The Balaban J connectivity index is 0.961. The van der Waals surface area contributed by atoms with Crippen molar-refractivity contribution in [3.05, 3.63) is 204 Å². The van der Waals surface area contributed by atoms with Crippen LogP contribution in [0.3, 0.4) is 0 Å². The lowest BCUT2D eigenvalue weighted by Crippen LogP contribution is -2.16. The minimum Gasteiger partial charge on any atom is -0.0619 e. The summed E-state index contributed by atoms with van der Waals surface area (Å²) < 4.78 is 0. The topological polar surface area (TPSA) is 0 Å². The molecule has 0 aliphatic heterocycles. The normalized spacial score (nSPS) is 14.5. The van der Waals surface area contributed by atoms with Gasteiger partial charge in [-0.1, -0.05) is 204 Å². The molecule has 0 spiro atoms. The van der Waals surface area contributed by atoms with E-state index >= 15 is 0 Å². The number of fused-ring (bicyclic) bond motifs is 6. The standard InChI is InChI=1S/C58H42/c1-57(2)51-20-7-5-14-45(51)49-18-10-16-43(55(49)57)36-24-22-35(23-25-36)41-30-26-37-29-33-48-42(31-27-38-28-32-47(41)53(37)54(38)48)39-12-9-13-40(34-39)44-17-11-19-50-46-15-6-8-21-52(46)58(3,4)56(44)50/h5-34H,1-4H3. The van der Waals surface area contributed by atoms with Crippen LogP contribution in [0.2, 0.25) is 0 Å². The second-order valence-electron chi connectivity index (χ2n) is 17.6. The molecule has 0 N–H and O–H groups in total. The van der Waals surface area contributed by atoms with Gasteiger partial charge in [-0.3, -0.25) is 0 Å². The summed E-state index contributed by atoms with van der Waals surface area (Å²) in [7, 11) is 0. The van der Waals surface area contributed by atoms with Gasteiger partial charge in [-0.25, -0.2) is 0 Å². The van der Waals surface area contributed by atoms with Gasteiger partial charge < -0.3 is 0 Å². The molecule has 0 atom stereocenters. The Bertz CT molecular complexity index is 3320. The average Bonchev–Trinajstić information content (AvgIpc) is 3.65. The minimum absolute atomic E-state index is 0.0570. The Labute approximate surface area is 340 Å². The second-order valence-corrected chi connectivity index (χ2v) is 17.6. The highest BCUT2D eigenvalue weighted by atomic mass is 14.4. The van der Waals surface area contributed by atoms with E-state index in [0.717, 1.165) is 0 Å². The lowest BCUT2D eigenvalue weighted by atomic mass is 9.78. The monoisotopic (exact) mass is 738 g/mol. The number of hydrogen-bond donors (Lipinski definition) is 0. The van der Waals surface area contributed by atoms with Crippen LogP contribution in [0.5, 0.6) is 0 Å². The van der Waals surface area contributed by atoms with E-state index in [4.69, 9.17) is 0 Å². The molecule has 0 saturated heterocycles. The van der Waals surface area contributed by atoms with Crippen LogP contribution in [0.1, 0.15) is 49.9 Å². The molecule has 10 aromatic rings. The maximum Gasteiger partial charge on any atom is 0.0165 e. The Hall–Kier alpha value is -6.76. The van der Waals surface area contributed by atoms with Gasteiger partial charge in [0.05, 0.1) is 0 Å². The van der Waals surface area contributed by atoms with Gasteiger partial charge in [-0.2, -0.15) is 0 Å². The molecule has 0 aromatic heterocycles. The first-order valence-corrected chi connectivity index (χ1v) is 20.7. The summed E-state index contributed by atoms with van der Waals surface area (Å²) in [6, 6.07) is 68.7. The van der Waals surface area contributed by atoms with E-state index in [1.807, 2.05) is 0 Å². The summed E-state index contributed by atoms with van der Waals surface area (Å²) in [4.78, 5) is 0. The number of rotatable bonds is 4. The fourth-order valence-corrected chi connectivity index (χ4v) is 11.2. The van der Waals surface area contributed by atoms with Crippen LogP contribution >= 0.6 is 0 Å². The lowest BCUT2D eigenvalue weighted by Gasteiger charge is -2.24. The van der Waals surface area contributed by atoms with Gasteiger partial charge in [0.25, 0.3) is 0 Å². The Morgan fingerprint density at radius 1 is 0.276 bits per heavy atom. The summed E-state index contributed by atoms with van der Waals surface area (Å²) >= 11 is 0. The molecule has 12 rings (SSSR count). The molecular weight excluding hydrogens is 697 g/mol. The fraction of sp³-hybridized carbons (Fsp3) is 0.103. The molecule has 0 fully saturated rings. The zero-order valence-electron chi connectivity index (χ0n) is 33.3. The fourth-order valence-electron chi connectivity index (χ4n) is 11.2. The van der Waals surface area contributed by atoms with Crippen molar-refractivity contribution in [2.45, 2.75) is 38.5 Å². The van der Waals surface area contributed by atoms with Gasteiger partial charge in [0.2, 0.25) is 0 Å². The summed E-state index contributed by atoms with van der Waals surface area (Å²) in [5, 5.41) is 7.84. The van der Waals surface area contributed by atoms with Gasteiger partial charge in [0, 0.05) is 10.8 Å². The van der Waals surface area contributed by atoms with Crippen molar-refractivity contribution >= 4 is 32.3 Å². The molecule has 0 heteroatoms. The van der Waals surface area contributed by atoms with E-state index in [-0.39, 0.29) is 10.8 Å². The van der Waals surface area contributed by atoms with Crippen molar-refractivity contribution in [2.24, 2.45) is 0 Å². The first-order valence-electron chi connectivity index (χ1n) is 20.7. The quantitative estimate of drug-likeness (QED) is 0.158. The van der Waals surface area contributed by atoms with E-state index in [2.05, 4.69) is 210 Å². The third-order valence-electron chi connectivity index (χ3n) is 13.8. The van der Waals surface area contributed by atoms with Crippen LogP contribution in [-0.2, 0) is 10.8 Å². The van der Waals surface area contributed by atoms with Crippen molar-refractivity contribution in [3.63, 3.8) is 0 Å². The van der Waals surface area contributed by atoms with E-state index in [0.29, 0.717) is 0 Å². The first kappa shape index (κ1) is 33.4. The highest BCUT2D eigenvalue weighted by molar-refractivity contribution is 6.27. The molecule has 0 amide bonds. The van der Waals surface area contributed by atoms with Gasteiger partial charge in [-0.15, -0.1) is 0 Å². The maximum atomic E-state index is 2.41. The van der Waals surface area contributed by atoms with E-state index in [9.17, 15) is 0 Å². The van der Waals surface area contributed by atoms with Crippen LogP contribution in [0.25, 0.3) is 99.1 Å². The van der Waals surface area contributed by atoms with Crippen molar-refractivity contribution in [1.29, 1.82) is 0 Å². The van der Waals surface area contributed by atoms with Crippen LogP contribution < -0.4 is 0 Å². The molecule has 58 heavy (non-hydrogen) atoms. The zero-order valence-corrected chi connectivity index (χ0v) is 33.3. The minimum atomic E-state index is -0.0748. The third kappa shape index (κ3) is 4.52. The summed E-state index contributed by atoms with van der Waals surface area (Å²) in [5.41, 5.74) is 21.2. The SMILES string of the molecule is CC1(C)c2ccccc2-c2cccc(-c3ccc(-c4ccc5ccc6c(-c7cccc(-c8cccc9c8C(C)(C)c8ccccc8-9)c7)ccc7ccc4c5c76)cc3)c21. The molecule has 2 aliphatic rings. The summed E-state index contributed by atoms with van der Waals surface area (Å²) in [6.45, 7) is 9.50. The largest absolute Gasteiger partial charge is 0.0619 e. The van der Waals surface area contributed by atoms with E-state index < -0.39 is 0 Å². The Morgan fingerprint density at radius 3 is 1.19 bits per heavy atom. The molecule has 10 aromatic carbocycles. The molecule has 0 unspecified atom stereocenters. The van der Waals surface area contributed by atoms with E-state index in [1.165, 1.54) is 121 Å². The molecule has 0 nitrogen and oxygen atoms in total. The Morgan fingerprint density at radius 2 is 0.655 bits per heavy atom.